The van der Waals surface area contributed by atoms with E-state index in [1.165, 1.54) is 25.7 Å². The zero-order chi connectivity index (χ0) is 15.2. The van der Waals surface area contributed by atoms with Crippen molar-refractivity contribution in [2.24, 2.45) is 0 Å². The number of ether oxygens (including phenoxy) is 1. The summed E-state index contributed by atoms with van der Waals surface area (Å²) in [6.45, 7) is 7.21. The molecule has 0 amide bonds. The van der Waals surface area contributed by atoms with E-state index in [-0.39, 0.29) is 5.78 Å². The van der Waals surface area contributed by atoms with E-state index >= 15 is 0 Å². The van der Waals surface area contributed by atoms with Crippen LogP contribution in [0.5, 0.6) is 5.75 Å². The van der Waals surface area contributed by atoms with Gasteiger partial charge in [0.1, 0.15) is 5.75 Å². The molecule has 0 bridgehead atoms. The van der Waals surface area contributed by atoms with Crippen LogP contribution in [0.4, 0.5) is 0 Å². The molecule has 0 saturated carbocycles. The monoisotopic (exact) mass is 289 g/mol. The minimum absolute atomic E-state index is 0.252. The lowest BCUT2D eigenvalue weighted by Crippen LogP contribution is -2.27. The van der Waals surface area contributed by atoms with Crippen LogP contribution in [0, 0.1) is 13.8 Å². The Morgan fingerprint density at radius 3 is 2.38 bits per heavy atom. The van der Waals surface area contributed by atoms with Crippen LogP contribution >= 0.6 is 0 Å². The number of benzene rings is 1. The maximum atomic E-state index is 12.5. The molecule has 0 spiro atoms. The third-order valence-electron chi connectivity index (χ3n) is 4.61. The molecule has 1 aliphatic rings. The second-order valence-electron chi connectivity index (χ2n) is 5.99. The van der Waals surface area contributed by atoms with Crippen LogP contribution < -0.4 is 4.74 Å². The summed E-state index contributed by atoms with van der Waals surface area (Å²) in [4.78, 5) is 14.9. The number of hydrogen-bond acceptors (Lipinski definition) is 3. The third-order valence-corrected chi connectivity index (χ3v) is 4.61. The molecule has 1 aromatic rings. The van der Waals surface area contributed by atoms with Gasteiger partial charge in [-0.3, -0.25) is 4.79 Å². The van der Waals surface area contributed by atoms with Crippen LogP contribution in [-0.4, -0.2) is 37.4 Å². The summed E-state index contributed by atoms with van der Waals surface area (Å²) >= 11 is 0. The molecule has 0 radical (unpaired) electrons. The maximum Gasteiger partial charge on any atom is 0.164 e. The number of rotatable bonds is 5. The highest BCUT2D eigenvalue weighted by Crippen LogP contribution is 2.24. The van der Waals surface area contributed by atoms with Gasteiger partial charge < -0.3 is 9.64 Å². The molecule has 0 N–H and O–H groups in total. The smallest absolute Gasteiger partial charge is 0.164 e. The van der Waals surface area contributed by atoms with Crippen molar-refractivity contribution in [1.29, 1.82) is 0 Å². The van der Waals surface area contributed by atoms with E-state index in [0.29, 0.717) is 6.42 Å². The van der Waals surface area contributed by atoms with Gasteiger partial charge in [-0.2, -0.15) is 0 Å². The molecular formula is C18H27NO2. The molecule has 1 aromatic carbocycles. The Labute approximate surface area is 128 Å². The molecule has 0 unspecified atom stereocenters. The lowest BCUT2D eigenvalue weighted by Gasteiger charge is -2.19. The van der Waals surface area contributed by atoms with Crippen LogP contribution in [0.1, 0.15) is 53.6 Å². The van der Waals surface area contributed by atoms with Gasteiger partial charge in [-0.25, -0.2) is 0 Å². The van der Waals surface area contributed by atoms with Crippen molar-refractivity contribution in [2.75, 3.05) is 26.7 Å². The number of ketones is 1. The molecule has 1 saturated heterocycles. The van der Waals surface area contributed by atoms with E-state index in [1.807, 2.05) is 26.0 Å². The Hall–Kier alpha value is -1.35. The highest BCUT2D eigenvalue weighted by atomic mass is 16.5. The number of Topliss-reactive ketones (excluding diaryl/α,β-unsaturated/α-hetero) is 1. The number of carbonyl (C=O) groups is 1. The van der Waals surface area contributed by atoms with Crippen LogP contribution in [0.15, 0.2) is 12.1 Å². The first kappa shape index (κ1) is 16.0. The predicted octanol–water partition coefficient (Wildman–Crippen LogP) is 3.76. The minimum atomic E-state index is 0.252. The Morgan fingerprint density at radius 1 is 1.10 bits per heavy atom. The molecule has 1 fully saturated rings. The van der Waals surface area contributed by atoms with Crippen molar-refractivity contribution in [3.8, 4) is 5.75 Å². The van der Waals surface area contributed by atoms with E-state index in [4.69, 9.17) is 4.74 Å². The third kappa shape index (κ3) is 4.07. The molecule has 116 valence electrons. The predicted molar refractivity (Wildman–Crippen MR) is 86.3 cm³/mol. The van der Waals surface area contributed by atoms with Gasteiger partial charge in [0.2, 0.25) is 0 Å². The van der Waals surface area contributed by atoms with Gasteiger partial charge in [-0.1, -0.05) is 12.8 Å². The van der Waals surface area contributed by atoms with E-state index in [0.717, 1.165) is 42.1 Å². The number of hydrogen-bond donors (Lipinski definition) is 0. The van der Waals surface area contributed by atoms with Crippen LogP contribution in [0.25, 0.3) is 0 Å². The molecule has 3 heteroatoms. The second kappa shape index (κ2) is 7.60. The summed E-state index contributed by atoms with van der Waals surface area (Å²) in [5, 5.41) is 0. The Balaban J connectivity index is 1.98. The van der Waals surface area contributed by atoms with Gasteiger partial charge in [0.15, 0.2) is 5.78 Å². The molecule has 3 nitrogen and oxygen atoms in total. The summed E-state index contributed by atoms with van der Waals surface area (Å²) in [5.41, 5.74) is 2.97. The number of likely N-dealkylation sites (tertiary alicyclic amines) is 1. The zero-order valence-electron chi connectivity index (χ0n) is 13.6. The highest BCUT2D eigenvalue weighted by molar-refractivity contribution is 5.98. The van der Waals surface area contributed by atoms with Gasteiger partial charge in [-0.05, 0) is 63.0 Å². The zero-order valence-corrected chi connectivity index (χ0v) is 13.6. The molecule has 0 aliphatic carbocycles. The first-order valence-corrected chi connectivity index (χ1v) is 8.03. The topological polar surface area (TPSA) is 29.5 Å². The van der Waals surface area contributed by atoms with E-state index in [1.54, 1.807) is 7.11 Å². The fourth-order valence-corrected chi connectivity index (χ4v) is 3.07. The van der Waals surface area contributed by atoms with Crippen molar-refractivity contribution in [2.45, 2.75) is 46.0 Å². The van der Waals surface area contributed by atoms with Crippen molar-refractivity contribution in [3.63, 3.8) is 0 Å². The average molecular weight is 289 g/mol. The maximum absolute atomic E-state index is 12.5. The Morgan fingerprint density at radius 2 is 1.76 bits per heavy atom. The first-order chi connectivity index (χ1) is 10.1. The lowest BCUT2D eigenvalue weighted by molar-refractivity contribution is 0.0964. The summed E-state index contributed by atoms with van der Waals surface area (Å²) in [6, 6.07) is 3.81. The van der Waals surface area contributed by atoms with Crippen molar-refractivity contribution in [3.05, 3.63) is 28.8 Å². The van der Waals surface area contributed by atoms with Crippen molar-refractivity contribution >= 4 is 5.78 Å². The van der Waals surface area contributed by atoms with Crippen LogP contribution in [0.3, 0.4) is 0 Å². The molecule has 0 atom stereocenters. The molecule has 1 aliphatic heterocycles. The summed E-state index contributed by atoms with van der Waals surface area (Å²) in [7, 11) is 1.67. The minimum Gasteiger partial charge on any atom is -0.496 e. The van der Waals surface area contributed by atoms with Gasteiger partial charge in [0.25, 0.3) is 0 Å². The van der Waals surface area contributed by atoms with Gasteiger partial charge in [-0.15, -0.1) is 0 Å². The van der Waals surface area contributed by atoms with Crippen molar-refractivity contribution < 1.29 is 9.53 Å². The molecule has 21 heavy (non-hydrogen) atoms. The largest absolute Gasteiger partial charge is 0.496 e. The van der Waals surface area contributed by atoms with Crippen LogP contribution in [-0.2, 0) is 0 Å². The number of methoxy groups -OCH3 is 1. The first-order valence-electron chi connectivity index (χ1n) is 8.03. The highest BCUT2D eigenvalue weighted by Gasteiger charge is 2.15. The van der Waals surface area contributed by atoms with E-state index < -0.39 is 0 Å². The normalized spacial score (nSPS) is 16.5. The standard InChI is InChI=1S/C18H27NO2/c1-14-15(2)18(21-3)9-8-16(14)17(20)10-13-19-11-6-4-5-7-12-19/h8-9H,4-7,10-13H2,1-3H3. The SMILES string of the molecule is COc1ccc(C(=O)CCN2CCCCCC2)c(C)c1C. The lowest BCUT2D eigenvalue weighted by atomic mass is 9.97. The summed E-state index contributed by atoms with van der Waals surface area (Å²) < 4.78 is 5.31. The molecule has 2 rings (SSSR count). The number of nitrogens with zero attached hydrogens (tertiary/aromatic N) is 1. The summed E-state index contributed by atoms with van der Waals surface area (Å²) in [5.74, 6) is 1.11. The van der Waals surface area contributed by atoms with Gasteiger partial charge in [0, 0.05) is 18.5 Å². The summed E-state index contributed by atoms with van der Waals surface area (Å²) in [6.07, 6.45) is 5.83. The molecular weight excluding hydrogens is 262 g/mol. The quantitative estimate of drug-likeness (QED) is 0.773. The fraction of sp³-hybridized carbons (Fsp3) is 0.611. The van der Waals surface area contributed by atoms with E-state index in [2.05, 4.69) is 4.90 Å². The number of carbonyl (C=O) groups excluding carboxylic acids is 1. The van der Waals surface area contributed by atoms with Gasteiger partial charge in [0.05, 0.1) is 7.11 Å². The van der Waals surface area contributed by atoms with E-state index in [9.17, 15) is 4.79 Å². The van der Waals surface area contributed by atoms with Gasteiger partial charge >= 0.3 is 0 Å². The average Bonchev–Trinajstić information content (AvgIpc) is 2.76. The van der Waals surface area contributed by atoms with Crippen LogP contribution in [0.2, 0.25) is 0 Å². The molecule has 1 heterocycles. The Kier molecular flexibility index (Phi) is 5.80. The second-order valence-corrected chi connectivity index (χ2v) is 5.99. The fourth-order valence-electron chi connectivity index (χ4n) is 3.07. The molecule has 0 aromatic heterocycles. The van der Waals surface area contributed by atoms with Crippen molar-refractivity contribution in [1.82, 2.24) is 4.90 Å². The Bertz CT molecular complexity index is 488.